The van der Waals surface area contributed by atoms with Gasteiger partial charge in [-0.2, -0.15) is 0 Å². The predicted molar refractivity (Wildman–Crippen MR) is 113 cm³/mol. The van der Waals surface area contributed by atoms with E-state index in [0.29, 0.717) is 61.9 Å². The molecule has 0 saturated heterocycles. The summed E-state index contributed by atoms with van der Waals surface area (Å²) in [4.78, 5) is 35.3. The summed E-state index contributed by atoms with van der Waals surface area (Å²) in [5.74, 6) is -1.07. The molecule has 0 spiro atoms. The highest BCUT2D eigenvalue weighted by molar-refractivity contribution is 5.96. The molecule has 0 heterocycles. The Morgan fingerprint density at radius 2 is 1.55 bits per heavy atom. The Morgan fingerprint density at radius 1 is 0.935 bits per heavy atom. The fourth-order valence-corrected chi connectivity index (χ4v) is 3.64. The number of carboxylic acids is 1. The first kappa shape index (κ1) is 22.5. The number of nitrogens with one attached hydrogen (secondary N) is 1. The van der Waals surface area contributed by atoms with E-state index in [0.717, 1.165) is 0 Å². The van der Waals surface area contributed by atoms with Crippen molar-refractivity contribution in [3.63, 3.8) is 0 Å². The summed E-state index contributed by atoms with van der Waals surface area (Å²) >= 11 is 0. The molecule has 1 aliphatic carbocycles. The fourth-order valence-electron chi connectivity index (χ4n) is 3.64. The van der Waals surface area contributed by atoms with E-state index in [1.807, 2.05) is 0 Å². The van der Waals surface area contributed by atoms with E-state index < -0.39 is 11.8 Å². The maximum Gasteiger partial charge on any atom is 0.306 e. The molecule has 1 saturated carbocycles. The number of Topliss-reactive ketones (excluding diaryl/α,β-unsaturated/α-hetero) is 1. The summed E-state index contributed by atoms with van der Waals surface area (Å²) in [7, 11) is 0. The molecule has 164 valence electrons. The first-order valence-corrected chi connectivity index (χ1v) is 10.5. The van der Waals surface area contributed by atoms with Crippen molar-refractivity contribution >= 4 is 17.7 Å². The number of carbonyl (C=O) groups is 3. The fraction of sp³-hybridized carbons (Fsp3) is 0.375. The molecular weight excluding hydrogens is 401 g/mol. The number of ketones is 1. The van der Waals surface area contributed by atoms with Crippen molar-refractivity contribution in [1.82, 2.24) is 5.32 Å². The lowest BCUT2D eigenvalue weighted by atomic mass is 9.87. The lowest BCUT2D eigenvalue weighted by Gasteiger charge is -2.26. The molecule has 1 amide bonds. The van der Waals surface area contributed by atoms with Gasteiger partial charge in [0.2, 0.25) is 0 Å². The highest BCUT2D eigenvalue weighted by atomic mass is 19.1. The highest BCUT2D eigenvalue weighted by Crippen LogP contribution is 2.28. The van der Waals surface area contributed by atoms with Gasteiger partial charge in [-0.25, -0.2) is 4.39 Å². The van der Waals surface area contributed by atoms with Crippen molar-refractivity contribution < 1.29 is 28.6 Å². The van der Waals surface area contributed by atoms with Gasteiger partial charge in [-0.05, 0) is 80.6 Å². The number of hydrogen-bond donors (Lipinski definition) is 2. The van der Waals surface area contributed by atoms with E-state index in [1.165, 1.54) is 24.3 Å². The molecule has 7 heteroatoms. The van der Waals surface area contributed by atoms with Crippen LogP contribution in [0.1, 0.15) is 59.2 Å². The second kappa shape index (κ2) is 10.7. The van der Waals surface area contributed by atoms with E-state index in [9.17, 15) is 18.8 Å². The summed E-state index contributed by atoms with van der Waals surface area (Å²) in [5, 5.41) is 11.8. The molecule has 0 bridgehead atoms. The Kier molecular flexibility index (Phi) is 7.76. The van der Waals surface area contributed by atoms with E-state index >= 15 is 0 Å². The van der Waals surface area contributed by atoms with Crippen molar-refractivity contribution in [3.05, 3.63) is 65.5 Å². The van der Waals surface area contributed by atoms with Crippen LogP contribution in [-0.4, -0.2) is 35.4 Å². The monoisotopic (exact) mass is 427 g/mol. The van der Waals surface area contributed by atoms with Gasteiger partial charge in [0.05, 0.1) is 12.0 Å². The van der Waals surface area contributed by atoms with Crippen LogP contribution in [-0.2, 0) is 4.79 Å². The molecule has 31 heavy (non-hydrogen) atoms. The lowest BCUT2D eigenvalue weighted by Crippen LogP contribution is -2.27. The van der Waals surface area contributed by atoms with Crippen LogP contribution < -0.4 is 10.1 Å². The molecule has 2 aromatic rings. The van der Waals surface area contributed by atoms with Gasteiger partial charge in [0.15, 0.2) is 5.78 Å². The Hall–Kier alpha value is -3.22. The average molecular weight is 427 g/mol. The molecule has 0 unspecified atom stereocenters. The van der Waals surface area contributed by atoms with Crippen LogP contribution in [0.5, 0.6) is 5.75 Å². The minimum Gasteiger partial charge on any atom is -0.490 e. The van der Waals surface area contributed by atoms with Gasteiger partial charge in [-0.15, -0.1) is 0 Å². The smallest absolute Gasteiger partial charge is 0.306 e. The van der Waals surface area contributed by atoms with Crippen LogP contribution in [0.3, 0.4) is 0 Å². The molecule has 2 N–H and O–H groups in total. The van der Waals surface area contributed by atoms with Gasteiger partial charge in [0, 0.05) is 24.1 Å². The number of benzene rings is 2. The first-order chi connectivity index (χ1) is 14.9. The lowest BCUT2D eigenvalue weighted by molar-refractivity contribution is -0.143. The van der Waals surface area contributed by atoms with Crippen LogP contribution >= 0.6 is 0 Å². The molecule has 1 fully saturated rings. The van der Waals surface area contributed by atoms with Crippen LogP contribution in [0.4, 0.5) is 4.39 Å². The zero-order valence-corrected chi connectivity index (χ0v) is 17.2. The van der Waals surface area contributed by atoms with Gasteiger partial charge in [0.25, 0.3) is 5.91 Å². The predicted octanol–water partition coefficient (Wildman–Crippen LogP) is 4.24. The maximum atomic E-state index is 12.9. The quantitative estimate of drug-likeness (QED) is 0.461. The normalized spacial score (nSPS) is 18.2. The third kappa shape index (κ3) is 6.64. The van der Waals surface area contributed by atoms with Crippen molar-refractivity contribution in [2.75, 3.05) is 6.54 Å². The zero-order chi connectivity index (χ0) is 22.2. The average Bonchev–Trinajstić information content (AvgIpc) is 2.78. The third-order valence-electron chi connectivity index (χ3n) is 5.48. The van der Waals surface area contributed by atoms with Crippen LogP contribution in [0.15, 0.2) is 48.5 Å². The number of halogens is 1. The van der Waals surface area contributed by atoms with Gasteiger partial charge >= 0.3 is 5.97 Å². The molecule has 1 aliphatic rings. The molecule has 0 radical (unpaired) electrons. The number of amides is 1. The van der Waals surface area contributed by atoms with Crippen LogP contribution in [0.25, 0.3) is 0 Å². The molecule has 2 aromatic carbocycles. The van der Waals surface area contributed by atoms with Gasteiger partial charge < -0.3 is 15.2 Å². The topological polar surface area (TPSA) is 92.7 Å². The van der Waals surface area contributed by atoms with Crippen molar-refractivity contribution in [2.45, 2.75) is 44.6 Å². The highest BCUT2D eigenvalue weighted by Gasteiger charge is 2.26. The Balaban J connectivity index is 1.38. The molecule has 6 nitrogen and oxygen atoms in total. The third-order valence-corrected chi connectivity index (χ3v) is 5.48. The van der Waals surface area contributed by atoms with Crippen LogP contribution in [0, 0.1) is 11.7 Å². The number of carbonyl (C=O) groups excluding carboxylic acids is 2. The summed E-state index contributed by atoms with van der Waals surface area (Å²) in [6.45, 7) is 0.349. The van der Waals surface area contributed by atoms with Gasteiger partial charge in [-0.3, -0.25) is 14.4 Å². The zero-order valence-electron chi connectivity index (χ0n) is 17.2. The Labute approximate surface area is 180 Å². The Bertz CT molecular complexity index is 903. The number of rotatable bonds is 9. The van der Waals surface area contributed by atoms with Crippen molar-refractivity contribution in [2.24, 2.45) is 5.92 Å². The SMILES string of the molecule is O=C(CCCNC(=O)c1ccc(F)cc1)c1ccc(OC2CCC(C(=O)O)CC2)cc1. The molecule has 0 aliphatic heterocycles. The first-order valence-electron chi connectivity index (χ1n) is 10.5. The minimum atomic E-state index is -0.740. The second-order valence-electron chi connectivity index (χ2n) is 7.74. The number of ether oxygens (including phenoxy) is 1. The summed E-state index contributed by atoms with van der Waals surface area (Å²) in [5.41, 5.74) is 0.951. The van der Waals surface area contributed by atoms with Gasteiger partial charge in [0.1, 0.15) is 11.6 Å². The molecule has 0 atom stereocenters. The molecular formula is C24H26FNO5. The summed E-state index contributed by atoms with van der Waals surface area (Å²) in [6, 6.07) is 12.2. The maximum absolute atomic E-state index is 12.9. The van der Waals surface area contributed by atoms with E-state index in [-0.39, 0.29) is 23.7 Å². The summed E-state index contributed by atoms with van der Waals surface area (Å²) in [6.07, 6.45) is 3.45. The van der Waals surface area contributed by atoms with Crippen molar-refractivity contribution in [3.8, 4) is 5.75 Å². The Morgan fingerprint density at radius 3 is 2.16 bits per heavy atom. The standard InChI is InChI=1S/C24H26FNO5/c25-19-9-3-17(4-10-19)23(28)26-15-1-2-22(27)16-5-11-20(12-6-16)31-21-13-7-18(8-14-21)24(29)30/h3-6,9-12,18,21H,1-2,7-8,13-15H2,(H,26,28)(H,29,30). The second-order valence-corrected chi connectivity index (χ2v) is 7.74. The summed E-state index contributed by atoms with van der Waals surface area (Å²) < 4.78 is 18.8. The molecule has 0 aromatic heterocycles. The largest absolute Gasteiger partial charge is 0.490 e. The van der Waals surface area contributed by atoms with Gasteiger partial charge in [-0.1, -0.05) is 0 Å². The number of aliphatic carboxylic acids is 1. The minimum absolute atomic E-state index is 0.00173. The number of hydrogen-bond acceptors (Lipinski definition) is 4. The van der Waals surface area contributed by atoms with Crippen molar-refractivity contribution in [1.29, 1.82) is 0 Å². The van der Waals surface area contributed by atoms with E-state index in [1.54, 1.807) is 24.3 Å². The van der Waals surface area contributed by atoms with E-state index in [2.05, 4.69) is 5.32 Å². The number of carboxylic acid groups (broad SMARTS) is 1. The van der Waals surface area contributed by atoms with E-state index in [4.69, 9.17) is 9.84 Å². The van der Waals surface area contributed by atoms with Crippen LogP contribution in [0.2, 0.25) is 0 Å². The molecule has 3 rings (SSSR count).